The Labute approximate surface area is 122 Å². The van der Waals surface area contributed by atoms with Crippen LogP contribution >= 0.6 is 12.2 Å². The molecule has 20 heavy (non-hydrogen) atoms. The van der Waals surface area contributed by atoms with Gasteiger partial charge in [-0.3, -0.25) is 4.57 Å². The van der Waals surface area contributed by atoms with E-state index in [0.29, 0.717) is 11.4 Å². The van der Waals surface area contributed by atoms with Crippen LogP contribution in [0.5, 0.6) is 5.75 Å². The fraction of sp³-hybridized carbons (Fsp3) is 0.188. The molecular formula is C16H16N2OS. The molecular weight excluding hydrogens is 268 g/mol. The lowest BCUT2D eigenvalue weighted by Crippen LogP contribution is -2.00. The van der Waals surface area contributed by atoms with Gasteiger partial charge in [-0.1, -0.05) is 18.2 Å². The van der Waals surface area contributed by atoms with Gasteiger partial charge in [0.2, 0.25) is 0 Å². The van der Waals surface area contributed by atoms with Crippen LogP contribution in [0.15, 0.2) is 42.5 Å². The molecule has 0 radical (unpaired) electrons. The maximum atomic E-state index is 5.71. The van der Waals surface area contributed by atoms with E-state index in [9.17, 15) is 0 Å². The van der Waals surface area contributed by atoms with Crippen molar-refractivity contribution in [2.24, 2.45) is 0 Å². The van der Waals surface area contributed by atoms with Crippen LogP contribution in [0.1, 0.15) is 12.5 Å². The molecule has 3 aromatic rings. The second kappa shape index (κ2) is 5.13. The summed E-state index contributed by atoms with van der Waals surface area (Å²) in [5.74, 6) is 0.840. The van der Waals surface area contributed by atoms with Gasteiger partial charge in [0.25, 0.3) is 0 Å². The number of rotatable bonds is 3. The van der Waals surface area contributed by atoms with E-state index >= 15 is 0 Å². The maximum Gasteiger partial charge on any atom is 0.182 e. The number of ether oxygens (including phenoxy) is 1. The Hall–Kier alpha value is -2.07. The molecule has 4 heteroatoms. The molecule has 0 aliphatic rings. The van der Waals surface area contributed by atoms with E-state index in [-0.39, 0.29) is 0 Å². The third-order valence-electron chi connectivity index (χ3n) is 3.24. The number of imidazole rings is 1. The molecule has 102 valence electrons. The Kier molecular flexibility index (Phi) is 3.32. The van der Waals surface area contributed by atoms with E-state index in [0.717, 1.165) is 22.5 Å². The highest BCUT2D eigenvalue weighted by Crippen LogP contribution is 2.27. The first-order valence-electron chi connectivity index (χ1n) is 6.64. The second-order valence-electron chi connectivity index (χ2n) is 4.69. The number of hydrogen-bond acceptors (Lipinski definition) is 2. The highest BCUT2D eigenvalue weighted by atomic mass is 32.1. The number of benzene rings is 2. The lowest BCUT2D eigenvalue weighted by molar-refractivity contribution is 0.339. The SMILES string of the molecule is CCOc1ccccc1-n1c(=S)[nH]c2cc(C)ccc21. The molecule has 0 amide bonds. The topological polar surface area (TPSA) is 29.9 Å². The van der Waals surface area contributed by atoms with Crippen LogP contribution in [0.2, 0.25) is 0 Å². The molecule has 0 aliphatic heterocycles. The number of nitrogens with zero attached hydrogens (tertiary/aromatic N) is 1. The van der Waals surface area contributed by atoms with Crippen molar-refractivity contribution in [3.63, 3.8) is 0 Å². The van der Waals surface area contributed by atoms with Gasteiger partial charge in [-0.05, 0) is 55.9 Å². The molecule has 0 saturated carbocycles. The third-order valence-corrected chi connectivity index (χ3v) is 3.53. The number of nitrogens with one attached hydrogen (secondary N) is 1. The van der Waals surface area contributed by atoms with Crippen molar-refractivity contribution in [3.8, 4) is 11.4 Å². The smallest absolute Gasteiger partial charge is 0.182 e. The fourth-order valence-corrected chi connectivity index (χ4v) is 2.69. The van der Waals surface area contributed by atoms with Crippen LogP contribution in [-0.4, -0.2) is 16.2 Å². The quantitative estimate of drug-likeness (QED) is 0.723. The number of H-pyrrole nitrogens is 1. The largest absolute Gasteiger partial charge is 0.492 e. The van der Waals surface area contributed by atoms with Gasteiger partial charge in [-0.15, -0.1) is 0 Å². The van der Waals surface area contributed by atoms with Crippen molar-refractivity contribution < 1.29 is 4.74 Å². The summed E-state index contributed by atoms with van der Waals surface area (Å²) in [4.78, 5) is 3.26. The highest BCUT2D eigenvalue weighted by molar-refractivity contribution is 7.71. The highest BCUT2D eigenvalue weighted by Gasteiger charge is 2.10. The van der Waals surface area contributed by atoms with Crippen molar-refractivity contribution in [2.75, 3.05) is 6.61 Å². The van der Waals surface area contributed by atoms with E-state index < -0.39 is 0 Å². The zero-order valence-electron chi connectivity index (χ0n) is 11.5. The Morgan fingerprint density at radius 3 is 2.80 bits per heavy atom. The van der Waals surface area contributed by atoms with Crippen molar-refractivity contribution in [1.29, 1.82) is 0 Å². The maximum absolute atomic E-state index is 5.71. The van der Waals surface area contributed by atoms with E-state index in [1.807, 2.05) is 35.8 Å². The van der Waals surface area contributed by atoms with Crippen molar-refractivity contribution >= 4 is 23.3 Å². The predicted molar refractivity (Wildman–Crippen MR) is 84.4 cm³/mol. The number of hydrogen-bond donors (Lipinski definition) is 1. The summed E-state index contributed by atoms with van der Waals surface area (Å²) in [6.07, 6.45) is 0. The van der Waals surface area contributed by atoms with E-state index in [1.54, 1.807) is 0 Å². The summed E-state index contributed by atoms with van der Waals surface area (Å²) < 4.78 is 8.41. The molecule has 0 fully saturated rings. The third kappa shape index (κ3) is 2.12. The number of aryl methyl sites for hydroxylation is 1. The van der Waals surface area contributed by atoms with Crippen molar-refractivity contribution in [1.82, 2.24) is 9.55 Å². The summed E-state index contributed by atoms with van der Waals surface area (Å²) in [5, 5.41) is 0. The summed E-state index contributed by atoms with van der Waals surface area (Å²) in [6, 6.07) is 14.2. The number of aromatic nitrogens is 2. The van der Waals surface area contributed by atoms with Gasteiger partial charge in [0.1, 0.15) is 5.75 Å². The van der Waals surface area contributed by atoms with Crippen molar-refractivity contribution in [2.45, 2.75) is 13.8 Å². The van der Waals surface area contributed by atoms with Gasteiger partial charge < -0.3 is 9.72 Å². The lowest BCUT2D eigenvalue weighted by Gasteiger charge is -2.11. The zero-order valence-corrected chi connectivity index (χ0v) is 12.3. The number of aromatic amines is 1. The van der Waals surface area contributed by atoms with Crippen LogP contribution in [0, 0.1) is 11.7 Å². The number of para-hydroxylation sites is 2. The molecule has 0 spiro atoms. The average molecular weight is 284 g/mol. The zero-order chi connectivity index (χ0) is 14.1. The standard InChI is InChI=1S/C16H16N2OS/c1-3-19-15-7-5-4-6-14(15)18-13-9-8-11(2)10-12(13)17-16(18)20/h4-10H,3H2,1-2H3,(H,17,20). The fourth-order valence-electron chi connectivity index (χ4n) is 2.38. The first-order valence-corrected chi connectivity index (χ1v) is 7.05. The first kappa shape index (κ1) is 12.9. The molecule has 3 nitrogen and oxygen atoms in total. The predicted octanol–water partition coefficient (Wildman–Crippen LogP) is 4.40. The average Bonchev–Trinajstić information content (AvgIpc) is 2.75. The summed E-state index contributed by atoms with van der Waals surface area (Å²) in [7, 11) is 0. The monoisotopic (exact) mass is 284 g/mol. The molecule has 2 aromatic carbocycles. The van der Waals surface area contributed by atoms with E-state index in [4.69, 9.17) is 17.0 Å². The minimum Gasteiger partial charge on any atom is -0.492 e. The number of fused-ring (bicyclic) bond motifs is 1. The van der Waals surface area contributed by atoms with Gasteiger partial charge in [0.15, 0.2) is 4.77 Å². The minimum absolute atomic E-state index is 0.631. The van der Waals surface area contributed by atoms with Gasteiger partial charge >= 0.3 is 0 Å². The second-order valence-corrected chi connectivity index (χ2v) is 5.07. The normalized spacial score (nSPS) is 10.9. The summed E-state index contributed by atoms with van der Waals surface area (Å²) >= 11 is 5.47. The van der Waals surface area contributed by atoms with E-state index in [2.05, 4.69) is 30.1 Å². The lowest BCUT2D eigenvalue weighted by atomic mass is 10.2. The van der Waals surface area contributed by atoms with Gasteiger partial charge in [-0.25, -0.2) is 0 Å². The Morgan fingerprint density at radius 2 is 2.00 bits per heavy atom. The molecule has 0 bridgehead atoms. The van der Waals surface area contributed by atoms with Crippen molar-refractivity contribution in [3.05, 3.63) is 52.8 Å². The molecule has 1 N–H and O–H groups in total. The first-order chi connectivity index (χ1) is 9.70. The molecule has 0 aliphatic carbocycles. The summed E-state index contributed by atoms with van der Waals surface area (Å²) in [5.41, 5.74) is 4.28. The van der Waals surface area contributed by atoms with Crippen LogP contribution in [0.3, 0.4) is 0 Å². The molecule has 0 atom stereocenters. The van der Waals surface area contributed by atoms with Gasteiger partial charge in [0.05, 0.1) is 23.3 Å². The van der Waals surface area contributed by atoms with Crippen LogP contribution < -0.4 is 4.74 Å². The Bertz CT molecular complexity index is 817. The molecule has 0 saturated heterocycles. The van der Waals surface area contributed by atoms with Gasteiger partial charge in [-0.2, -0.15) is 0 Å². The molecule has 0 unspecified atom stereocenters. The Balaban J connectivity index is 2.30. The van der Waals surface area contributed by atoms with Crippen LogP contribution in [-0.2, 0) is 0 Å². The van der Waals surface area contributed by atoms with Crippen LogP contribution in [0.25, 0.3) is 16.7 Å². The molecule has 3 rings (SSSR count). The van der Waals surface area contributed by atoms with Gasteiger partial charge in [0, 0.05) is 0 Å². The Morgan fingerprint density at radius 1 is 1.20 bits per heavy atom. The van der Waals surface area contributed by atoms with E-state index in [1.165, 1.54) is 5.56 Å². The van der Waals surface area contributed by atoms with Crippen LogP contribution in [0.4, 0.5) is 0 Å². The minimum atomic E-state index is 0.631. The molecule has 1 aromatic heterocycles. The summed E-state index contributed by atoms with van der Waals surface area (Å²) in [6.45, 7) is 4.68. The molecule has 1 heterocycles.